The number of amides is 1. The number of aromatic nitrogens is 2. The number of aryl methyl sites for hydroxylation is 1. The van der Waals surface area contributed by atoms with Crippen LogP contribution in [0.15, 0.2) is 42.6 Å². The fourth-order valence-corrected chi connectivity index (χ4v) is 2.32. The number of nitrogens with one attached hydrogen (secondary N) is 2. The van der Waals surface area contributed by atoms with E-state index in [0.717, 1.165) is 10.9 Å². The van der Waals surface area contributed by atoms with Gasteiger partial charge in [0, 0.05) is 11.6 Å². The second kappa shape index (κ2) is 4.98. The van der Waals surface area contributed by atoms with E-state index in [1.54, 1.807) is 18.3 Å². The van der Waals surface area contributed by atoms with Gasteiger partial charge in [0.15, 0.2) is 0 Å². The second-order valence-corrected chi connectivity index (χ2v) is 4.92. The summed E-state index contributed by atoms with van der Waals surface area (Å²) in [6, 6.07) is 11.0. The minimum atomic E-state index is -0.237. The van der Waals surface area contributed by atoms with Gasteiger partial charge in [-0.1, -0.05) is 23.7 Å². The van der Waals surface area contributed by atoms with E-state index in [1.165, 1.54) is 0 Å². The predicted molar refractivity (Wildman–Crippen MR) is 80.2 cm³/mol. The van der Waals surface area contributed by atoms with E-state index in [1.807, 2.05) is 31.2 Å². The molecule has 0 radical (unpaired) electrons. The van der Waals surface area contributed by atoms with Crippen molar-refractivity contribution in [1.82, 2.24) is 9.97 Å². The van der Waals surface area contributed by atoms with Gasteiger partial charge in [-0.3, -0.25) is 4.79 Å². The van der Waals surface area contributed by atoms with Crippen LogP contribution in [0.25, 0.3) is 11.0 Å². The van der Waals surface area contributed by atoms with Gasteiger partial charge < -0.3 is 10.3 Å². The first-order valence-electron chi connectivity index (χ1n) is 6.15. The molecule has 0 saturated heterocycles. The van der Waals surface area contributed by atoms with Crippen molar-refractivity contribution in [3.8, 4) is 0 Å². The molecule has 1 aromatic carbocycles. The van der Waals surface area contributed by atoms with Crippen molar-refractivity contribution in [2.24, 2.45) is 0 Å². The normalized spacial score (nSPS) is 10.7. The minimum absolute atomic E-state index is 0.237. The van der Waals surface area contributed by atoms with Crippen LogP contribution in [0.2, 0.25) is 5.02 Å². The number of carbonyl (C=O) groups is 1. The van der Waals surface area contributed by atoms with E-state index >= 15 is 0 Å². The van der Waals surface area contributed by atoms with Crippen LogP contribution >= 0.6 is 11.6 Å². The van der Waals surface area contributed by atoms with Crippen molar-refractivity contribution in [2.75, 3.05) is 5.32 Å². The predicted octanol–water partition coefficient (Wildman–Crippen LogP) is 3.78. The van der Waals surface area contributed by atoms with Gasteiger partial charge in [0.1, 0.15) is 11.3 Å². The maximum atomic E-state index is 12.3. The highest BCUT2D eigenvalue weighted by atomic mass is 35.5. The van der Waals surface area contributed by atoms with Crippen LogP contribution < -0.4 is 5.32 Å². The molecule has 1 amide bonds. The number of carbonyl (C=O) groups excluding carboxylic acids is 1. The molecule has 0 unspecified atom stereocenters. The monoisotopic (exact) mass is 285 g/mol. The molecule has 20 heavy (non-hydrogen) atoms. The Morgan fingerprint density at radius 1 is 1.30 bits per heavy atom. The van der Waals surface area contributed by atoms with Crippen LogP contribution in [-0.2, 0) is 0 Å². The fraction of sp³-hybridized carbons (Fsp3) is 0.0667. The van der Waals surface area contributed by atoms with Crippen molar-refractivity contribution >= 4 is 34.2 Å². The summed E-state index contributed by atoms with van der Waals surface area (Å²) < 4.78 is 0. The highest BCUT2D eigenvalue weighted by Crippen LogP contribution is 2.26. The van der Waals surface area contributed by atoms with E-state index in [4.69, 9.17) is 11.6 Å². The SMILES string of the molecule is Cc1cccc(Cl)c1NC(=O)c1cc2cccnc2[nH]1. The van der Waals surface area contributed by atoms with Crippen LogP contribution in [-0.4, -0.2) is 15.9 Å². The zero-order chi connectivity index (χ0) is 14.1. The van der Waals surface area contributed by atoms with Crippen molar-refractivity contribution in [3.63, 3.8) is 0 Å². The maximum absolute atomic E-state index is 12.3. The standard InChI is InChI=1S/C15H12ClN3O/c1-9-4-2-6-11(16)13(9)19-15(20)12-8-10-5-3-7-17-14(10)18-12/h2-8H,1H3,(H,17,18)(H,19,20). The largest absolute Gasteiger partial charge is 0.335 e. The Morgan fingerprint density at radius 2 is 2.15 bits per heavy atom. The summed E-state index contributed by atoms with van der Waals surface area (Å²) >= 11 is 6.10. The first-order chi connectivity index (χ1) is 9.65. The number of anilines is 1. The summed E-state index contributed by atoms with van der Waals surface area (Å²) in [6.07, 6.45) is 1.68. The third kappa shape index (κ3) is 2.26. The zero-order valence-corrected chi connectivity index (χ0v) is 11.5. The van der Waals surface area contributed by atoms with Crippen molar-refractivity contribution < 1.29 is 4.79 Å². The quantitative estimate of drug-likeness (QED) is 0.753. The Morgan fingerprint density at radius 3 is 2.90 bits per heavy atom. The van der Waals surface area contributed by atoms with E-state index in [-0.39, 0.29) is 5.91 Å². The molecule has 2 aromatic heterocycles. The van der Waals surface area contributed by atoms with Crippen molar-refractivity contribution in [1.29, 1.82) is 0 Å². The molecule has 0 aliphatic rings. The molecular formula is C15H12ClN3O. The second-order valence-electron chi connectivity index (χ2n) is 4.51. The summed E-state index contributed by atoms with van der Waals surface area (Å²) in [5, 5.41) is 4.24. The summed E-state index contributed by atoms with van der Waals surface area (Å²) in [4.78, 5) is 19.4. The van der Waals surface area contributed by atoms with Gasteiger partial charge in [-0.15, -0.1) is 0 Å². The Bertz CT molecular complexity index is 741. The number of pyridine rings is 1. The molecule has 0 bridgehead atoms. The first-order valence-corrected chi connectivity index (χ1v) is 6.53. The number of halogens is 1. The number of nitrogens with zero attached hydrogens (tertiary/aromatic N) is 1. The molecule has 0 saturated carbocycles. The lowest BCUT2D eigenvalue weighted by molar-refractivity contribution is 0.102. The van der Waals surface area contributed by atoms with E-state index in [2.05, 4.69) is 15.3 Å². The number of hydrogen-bond acceptors (Lipinski definition) is 2. The van der Waals surface area contributed by atoms with Gasteiger partial charge in [-0.05, 0) is 36.8 Å². The maximum Gasteiger partial charge on any atom is 0.272 e. The van der Waals surface area contributed by atoms with Gasteiger partial charge in [0.05, 0.1) is 10.7 Å². The molecule has 2 N–H and O–H groups in total. The molecule has 0 spiro atoms. The summed E-state index contributed by atoms with van der Waals surface area (Å²) in [7, 11) is 0. The molecule has 0 atom stereocenters. The molecule has 0 aliphatic heterocycles. The molecule has 5 heteroatoms. The average Bonchev–Trinajstić information content (AvgIpc) is 2.87. The van der Waals surface area contributed by atoms with Crippen molar-refractivity contribution in [3.05, 3.63) is 58.9 Å². The summed E-state index contributed by atoms with van der Waals surface area (Å²) in [5.41, 5.74) is 2.69. The highest BCUT2D eigenvalue weighted by molar-refractivity contribution is 6.34. The Balaban J connectivity index is 1.93. The Labute approximate surface area is 120 Å². The smallest absolute Gasteiger partial charge is 0.272 e. The number of para-hydroxylation sites is 1. The molecule has 4 nitrogen and oxygen atoms in total. The molecular weight excluding hydrogens is 274 g/mol. The number of rotatable bonds is 2. The molecule has 0 fully saturated rings. The van der Waals surface area contributed by atoms with E-state index in [0.29, 0.717) is 22.1 Å². The summed E-state index contributed by atoms with van der Waals surface area (Å²) in [6.45, 7) is 1.90. The van der Waals surface area contributed by atoms with Crippen LogP contribution in [0.4, 0.5) is 5.69 Å². The van der Waals surface area contributed by atoms with Crippen LogP contribution in [0, 0.1) is 6.92 Å². The molecule has 100 valence electrons. The third-order valence-electron chi connectivity index (χ3n) is 3.10. The number of aromatic amines is 1. The Kier molecular flexibility index (Phi) is 3.16. The molecule has 3 aromatic rings. The third-order valence-corrected chi connectivity index (χ3v) is 3.41. The number of fused-ring (bicyclic) bond motifs is 1. The zero-order valence-electron chi connectivity index (χ0n) is 10.8. The minimum Gasteiger partial charge on any atom is -0.335 e. The summed E-state index contributed by atoms with van der Waals surface area (Å²) in [5.74, 6) is -0.237. The highest BCUT2D eigenvalue weighted by Gasteiger charge is 2.13. The average molecular weight is 286 g/mol. The lowest BCUT2D eigenvalue weighted by Gasteiger charge is -2.09. The van der Waals surface area contributed by atoms with Gasteiger partial charge in [0.25, 0.3) is 5.91 Å². The van der Waals surface area contributed by atoms with Gasteiger partial charge in [-0.25, -0.2) is 4.98 Å². The fourth-order valence-electron chi connectivity index (χ4n) is 2.05. The van der Waals surface area contributed by atoms with E-state index in [9.17, 15) is 4.79 Å². The first kappa shape index (κ1) is 12.7. The molecule has 2 heterocycles. The van der Waals surface area contributed by atoms with Gasteiger partial charge in [-0.2, -0.15) is 0 Å². The lowest BCUT2D eigenvalue weighted by atomic mass is 10.2. The van der Waals surface area contributed by atoms with Gasteiger partial charge in [0.2, 0.25) is 0 Å². The van der Waals surface area contributed by atoms with Crippen LogP contribution in [0.3, 0.4) is 0 Å². The number of H-pyrrole nitrogens is 1. The van der Waals surface area contributed by atoms with Crippen molar-refractivity contribution in [2.45, 2.75) is 6.92 Å². The lowest BCUT2D eigenvalue weighted by Crippen LogP contribution is -2.13. The van der Waals surface area contributed by atoms with Crippen LogP contribution in [0.1, 0.15) is 16.1 Å². The van der Waals surface area contributed by atoms with Crippen LogP contribution in [0.5, 0.6) is 0 Å². The number of hydrogen-bond donors (Lipinski definition) is 2. The topological polar surface area (TPSA) is 57.8 Å². The van der Waals surface area contributed by atoms with Gasteiger partial charge >= 0.3 is 0 Å². The molecule has 0 aliphatic carbocycles. The van der Waals surface area contributed by atoms with E-state index < -0.39 is 0 Å². The number of benzene rings is 1. The Hall–Kier alpha value is -2.33. The molecule has 3 rings (SSSR count).